The minimum absolute atomic E-state index is 0.0400. The van der Waals surface area contributed by atoms with E-state index in [1.165, 1.54) is 17.0 Å². The molecule has 10 heteroatoms. The molecule has 3 aromatic carbocycles. The third-order valence-corrected chi connectivity index (χ3v) is 10.5. The van der Waals surface area contributed by atoms with Crippen LogP contribution in [0.3, 0.4) is 0 Å². The molecule has 0 aromatic heterocycles. The van der Waals surface area contributed by atoms with Crippen molar-refractivity contribution in [2.75, 3.05) is 10.8 Å². The van der Waals surface area contributed by atoms with Gasteiger partial charge in [0.2, 0.25) is 11.8 Å². The Morgan fingerprint density at radius 1 is 0.907 bits per heavy atom. The van der Waals surface area contributed by atoms with E-state index in [-0.39, 0.29) is 23.4 Å². The molecule has 1 fully saturated rings. The predicted molar refractivity (Wildman–Crippen MR) is 173 cm³/mol. The third kappa shape index (κ3) is 7.91. The number of halogens is 2. The fourth-order valence-electron chi connectivity index (χ4n) is 5.44. The first-order valence-corrected chi connectivity index (χ1v) is 16.8. The summed E-state index contributed by atoms with van der Waals surface area (Å²) in [6, 6.07) is 16.1. The standard InChI is InChI=1S/C33H39Cl2N3O4S/c1-22-13-16-27(17-14-22)43(41,42)38(31-18-15-23(2)19-24(31)3)21-32(39)37(20-28-29(34)11-8-12-30(28)35)25(4)33(40)36-26-9-6-5-7-10-26/h8,11-19,25-26H,5-7,9-10,20-21H2,1-4H3,(H,36,40)/t25-/m0/s1. The van der Waals surface area contributed by atoms with Crippen molar-refractivity contribution >= 4 is 50.7 Å². The second-order valence-electron chi connectivity index (χ2n) is 11.4. The van der Waals surface area contributed by atoms with Gasteiger partial charge >= 0.3 is 0 Å². The molecule has 0 spiro atoms. The number of hydrogen-bond donors (Lipinski definition) is 1. The highest BCUT2D eigenvalue weighted by Crippen LogP contribution is 2.30. The van der Waals surface area contributed by atoms with Crippen LogP contribution in [0.4, 0.5) is 5.69 Å². The lowest BCUT2D eigenvalue weighted by atomic mass is 9.95. The zero-order chi connectivity index (χ0) is 31.3. The molecule has 7 nitrogen and oxygen atoms in total. The minimum atomic E-state index is -4.16. The van der Waals surface area contributed by atoms with Gasteiger partial charge in [0.1, 0.15) is 12.6 Å². The molecule has 0 heterocycles. The highest BCUT2D eigenvalue weighted by Gasteiger charge is 2.34. The van der Waals surface area contributed by atoms with Gasteiger partial charge in [-0.3, -0.25) is 13.9 Å². The molecule has 230 valence electrons. The fraction of sp³-hybridized carbons (Fsp3) is 0.394. The van der Waals surface area contributed by atoms with E-state index in [1.807, 2.05) is 32.9 Å². The van der Waals surface area contributed by atoms with Crippen LogP contribution in [0.25, 0.3) is 0 Å². The average molecular weight is 645 g/mol. The molecule has 2 amide bonds. The zero-order valence-electron chi connectivity index (χ0n) is 25.1. The number of rotatable bonds is 10. The molecule has 0 bridgehead atoms. The van der Waals surface area contributed by atoms with Crippen molar-refractivity contribution in [3.8, 4) is 0 Å². The maximum Gasteiger partial charge on any atom is 0.264 e. The van der Waals surface area contributed by atoms with Gasteiger partial charge in [-0.15, -0.1) is 0 Å². The van der Waals surface area contributed by atoms with Crippen molar-refractivity contribution in [1.29, 1.82) is 0 Å². The van der Waals surface area contributed by atoms with E-state index >= 15 is 0 Å². The smallest absolute Gasteiger partial charge is 0.264 e. The lowest BCUT2D eigenvalue weighted by Crippen LogP contribution is -2.53. The van der Waals surface area contributed by atoms with Gasteiger partial charge in [-0.25, -0.2) is 8.42 Å². The van der Waals surface area contributed by atoms with Crippen LogP contribution < -0.4 is 9.62 Å². The van der Waals surface area contributed by atoms with Gasteiger partial charge in [-0.05, 0) is 76.4 Å². The van der Waals surface area contributed by atoms with Crippen molar-refractivity contribution in [3.63, 3.8) is 0 Å². The predicted octanol–water partition coefficient (Wildman–Crippen LogP) is 6.98. The topological polar surface area (TPSA) is 86.8 Å². The van der Waals surface area contributed by atoms with Gasteiger partial charge < -0.3 is 10.2 Å². The highest BCUT2D eigenvalue weighted by molar-refractivity contribution is 7.92. The Morgan fingerprint density at radius 3 is 2.12 bits per heavy atom. The van der Waals surface area contributed by atoms with Crippen LogP contribution in [-0.4, -0.2) is 43.8 Å². The van der Waals surface area contributed by atoms with Crippen molar-refractivity contribution in [1.82, 2.24) is 10.2 Å². The van der Waals surface area contributed by atoms with E-state index in [1.54, 1.807) is 43.3 Å². The number of carbonyl (C=O) groups is 2. The lowest BCUT2D eigenvalue weighted by molar-refractivity contribution is -0.139. The van der Waals surface area contributed by atoms with Gasteiger partial charge in [-0.1, -0.05) is 83.9 Å². The molecule has 1 N–H and O–H groups in total. The van der Waals surface area contributed by atoms with Gasteiger partial charge in [0.05, 0.1) is 10.6 Å². The summed E-state index contributed by atoms with van der Waals surface area (Å²) >= 11 is 13.0. The van der Waals surface area contributed by atoms with Crippen LogP contribution >= 0.6 is 23.2 Å². The molecule has 43 heavy (non-hydrogen) atoms. The Balaban J connectivity index is 1.73. The first-order chi connectivity index (χ1) is 20.4. The van der Waals surface area contributed by atoms with E-state index in [0.717, 1.165) is 47.5 Å². The Morgan fingerprint density at radius 2 is 1.51 bits per heavy atom. The second kappa shape index (κ2) is 14.1. The number of nitrogens with one attached hydrogen (secondary N) is 1. The first kappa shape index (κ1) is 32.8. The van der Waals surface area contributed by atoms with E-state index in [0.29, 0.717) is 26.9 Å². The van der Waals surface area contributed by atoms with Crippen LogP contribution in [0.15, 0.2) is 65.6 Å². The first-order valence-electron chi connectivity index (χ1n) is 14.6. The minimum Gasteiger partial charge on any atom is -0.352 e. The molecule has 1 aliphatic rings. The number of amides is 2. The Kier molecular flexibility index (Phi) is 10.8. The van der Waals surface area contributed by atoms with E-state index in [4.69, 9.17) is 23.2 Å². The summed E-state index contributed by atoms with van der Waals surface area (Å²) in [5.41, 5.74) is 3.44. The summed E-state index contributed by atoms with van der Waals surface area (Å²) < 4.78 is 29.3. The maximum absolute atomic E-state index is 14.3. The number of nitrogens with zero attached hydrogens (tertiary/aromatic N) is 2. The molecule has 1 saturated carbocycles. The SMILES string of the molecule is Cc1ccc(S(=O)(=O)N(CC(=O)N(Cc2c(Cl)cccc2Cl)[C@@H](C)C(=O)NC2CCCCC2)c2ccc(C)cc2C)cc1. The van der Waals surface area contributed by atoms with Crippen molar-refractivity contribution in [2.45, 2.75) is 83.3 Å². The van der Waals surface area contributed by atoms with Crippen LogP contribution in [-0.2, 0) is 26.2 Å². The second-order valence-corrected chi connectivity index (χ2v) is 14.0. The van der Waals surface area contributed by atoms with Crippen LogP contribution in [0.5, 0.6) is 0 Å². The average Bonchev–Trinajstić information content (AvgIpc) is 2.96. The van der Waals surface area contributed by atoms with Crippen molar-refractivity contribution in [2.24, 2.45) is 0 Å². The van der Waals surface area contributed by atoms with Crippen LogP contribution in [0.1, 0.15) is 61.3 Å². The number of hydrogen-bond acceptors (Lipinski definition) is 4. The molecule has 0 unspecified atom stereocenters. The number of aryl methyl sites for hydroxylation is 3. The summed E-state index contributed by atoms with van der Waals surface area (Å²) in [4.78, 5) is 29.2. The summed E-state index contributed by atoms with van der Waals surface area (Å²) in [5.74, 6) is -0.860. The molecule has 0 aliphatic heterocycles. The van der Waals surface area contributed by atoms with Gasteiger partial charge in [0.15, 0.2) is 0 Å². The Labute approximate surface area is 265 Å². The molecular weight excluding hydrogens is 605 g/mol. The van der Waals surface area contributed by atoms with E-state index in [9.17, 15) is 18.0 Å². The molecule has 1 aliphatic carbocycles. The van der Waals surface area contributed by atoms with Gasteiger partial charge in [-0.2, -0.15) is 0 Å². The van der Waals surface area contributed by atoms with E-state index in [2.05, 4.69) is 5.32 Å². The fourth-order valence-corrected chi connectivity index (χ4v) is 7.44. The molecular formula is C33H39Cl2N3O4S. The number of sulfonamides is 1. The van der Waals surface area contributed by atoms with Gasteiger partial charge in [0, 0.05) is 28.2 Å². The maximum atomic E-state index is 14.3. The summed E-state index contributed by atoms with van der Waals surface area (Å²) in [6.07, 6.45) is 5.00. The van der Waals surface area contributed by atoms with Crippen molar-refractivity contribution < 1.29 is 18.0 Å². The number of anilines is 1. The normalized spacial score (nSPS) is 14.7. The Bertz CT molecular complexity index is 1550. The lowest BCUT2D eigenvalue weighted by Gasteiger charge is -2.34. The summed E-state index contributed by atoms with van der Waals surface area (Å²) in [5, 5.41) is 3.80. The molecule has 4 rings (SSSR count). The molecule has 0 radical (unpaired) electrons. The number of carbonyl (C=O) groups excluding carboxylic acids is 2. The quantitative estimate of drug-likeness (QED) is 0.258. The highest BCUT2D eigenvalue weighted by atomic mass is 35.5. The molecule has 3 aromatic rings. The largest absolute Gasteiger partial charge is 0.352 e. The van der Waals surface area contributed by atoms with Crippen LogP contribution in [0.2, 0.25) is 10.0 Å². The number of benzene rings is 3. The molecule has 1 atom stereocenters. The Hall–Kier alpha value is -3.07. The summed E-state index contributed by atoms with van der Waals surface area (Å²) in [6.45, 7) is 6.66. The van der Waals surface area contributed by atoms with Gasteiger partial charge in [0.25, 0.3) is 10.0 Å². The summed E-state index contributed by atoms with van der Waals surface area (Å²) in [7, 11) is -4.16. The zero-order valence-corrected chi connectivity index (χ0v) is 27.4. The van der Waals surface area contributed by atoms with Crippen LogP contribution in [0, 0.1) is 20.8 Å². The van der Waals surface area contributed by atoms with E-state index < -0.39 is 28.5 Å². The monoisotopic (exact) mass is 643 g/mol. The van der Waals surface area contributed by atoms with Crippen molar-refractivity contribution in [3.05, 3.63) is 93.0 Å². The third-order valence-electron chi connectivity index (χ3n) is 8.02. The molecule has 0 saturated heterocycles.